The molecule has 0 saturated carbocycles. The molecule has 0 aliphatic rings. The summed E-state index contributed by atoms with van der Waals surface area (Å²) in [6, 6.07) is 0. The molecular formula is C15H27N3O. The molecule has 0 bridgehead atoms. The molecule has 0 unspecified atom stereocenters. The van der Waals surface area contributed by atoms with Crippen molar-refractivity contribution < 1.29 is 4.74 Å². The van der Waals surface area contributed by atoms with E-state index < -0.39 is 0 Å². The van der Waals surface area contributed by atoms with E-state index >= 15 is 0 Å². The fourth-order valence-electron chi connectivity index (χ4n) is 1.72. The smallest absolute Gasteiger partial charge is 0.160 e. The third kappa shape index (κ3) is 5.55. The molecule has 19 heavy (non-hydrogen) atoms. The molecule has 0 aliphatic heterocycles. The number of aromatic nitrogens is 2. The topological polar surface area (TPSA) is 47.0 Å². The summed E-state index contributed by atoms with van der Waals surface area (Å²) in [7, 11) is 0. The summed E-state index contributed by atoms with van der Waals surface area (Å²) < 4.78 is 5.81. The zero-order chi connectivity index (χ0) is 14.1. The number of unbranched alkanes of at least 4 members (excludes halogenated alkanes) is 2. The lowest BCUT2D eigenvalue weighted by Crippen LogP contribution is -2.16. The van der Waals surface area contributed by atoms with E-state index in [0.717, 1.165) is 43.4 Å². The van der Waals surface area contributed by atoms with Gasteiger partial charge < -0.3 is 10.1 Å². The Morgan fingerprint density at radius 3 is 2.68 bits per heavy atom. The fourth-order valence-corrected chi connectivity index (χ4v) is 1.72. The Morgan fingerprint density at radius 2 is 2.05 bits per heavy atom. The molecule has 0 saturated heterocycles. The molecule has 1 rings (SSSR count). The zero-order valence-corrected chi connectivity index (χ0v) is 12.7. The Labute approximate surface area is 117 Å². The Balaban J connectivity index is 2.71. The van der Waals surface area contributed by atoms with E-state index in [1.54, 1.807) is 0 Å². The van der Waals surface area contributed by atoms with Crippen LogP contribution >= 0.6 is 0 Å². The molecular weight excluding hydrogens is 238 g/mol. The van der Waals surface area contributed by atoms with Gasteiger partial charge in [0.25, 0.3) is 0 Å². The highest BCUT2D eigenvalue weighted by molar-refractivity contribution is 5.25. The van der Waals surface area contributed by atoms with E-state index in [1.807, 2.05) is 6.20 Å². The fraction of sp³-hybridized carbons (Fsp3) is 0.733. The molecule has 4 heteroatoms. The van der Waals surface area contributed by atoms with Gasteiger partial charge in [-0.25, -0.2) is 9.97 Å². The minimum atomic E-state index is 0.342. The summed E-state index contributed by atoms with van der Waals surface area (Å²) in [5, 5.41) is 3.30. The third-order valence-electron chi connectivity index (χ3n) is 2.91. The minimum absolute atomic E-state index is 0.342. The molecule has 4 nitrogen and oxygen atoms in total. The van der Waals surface area contributed by atoms with E-state index in [9.17, 15) is 0 Å². The first-order valence-electron chi connectivity index (χ1n) is 7.38. The lowest BCUT2D eigenvalue weighted by Gasteiger charge is -2.13. The standard InChI is InChI=1S/C15H27N3O/c1-5-7-8-9-19-14-11-17-15(12(3)4)18-13(14)10-16-6-2/h11-12,16H,5-10H2,1-4H3. The summed E-state index contributed by atoms with van der Waals surface area (Å²) in [4.78, 5) is 8.99. The van der Waals surface area contributed by atoms with Crippen molar-refractivity contribution in [1.29, 1.82) is 0 Å². The first-order valence-corrected chi connectivity index (χ1v) is 7.38. The Morgan fingerprint density at radius 1 is 1.26 bits per heavy atom. The molecule has 0 aliphatic carbocycles. The molecule has 0 spiro atoms. The molecule has 0 fully saturated rings. The van der Waals surface area contributed by atoms with Crippen molar-refractivity contribution in [2.45, 2.75) is 59.4 Å². The van der Waals surface area contributed by atoms with E-state index in [4.69, 9.17) is 4.74 Å². The normalized spacial score (nSPS) is 11.0. The van der Waals surface area contributed by atoms with Gasteiger partial charge in [-0.2, -0.15) is 0 Å². The molecule has 0 atom stereocenters. The van der Waals surface area contributed by atoms with Crippen molar-refractivity contribution in [1.82, 2.24) is 15.3 Å². The average Bonchev–Trinajstić information content (AvgIpc) is 2.41. The zero-order valence-electron chi connectivity index (χ0n) is 12.7. The van der Waals surface area contributed by atoms with Gasteiger partial charge in [0, 0.05) is 12.5 Å². The number of hydrogen-bond acceptors (Lipinski definition) is 4. The van der Waals surface area contributed by atoms with Crippen LogP contribution in [0.25, 0.3) is 0 Å². The van der Waals surface area contributed by atoms with E-state index in [-0.39, 0.29) is 0 Å². The molecule has 0 amide bonds. The highest BCUT2D eigenvalue weighted by Crippen LogP contribution is 2.18. The van der Waals surface area contributed by atoms with E-state index in [1.165, 1.54) is 12.8 Å². The molecule has 0 radical (unpaired) electrons. The second kappa shape index (κ2) is 8.86. The summed E-state index contributed by atoms with van der Waals surface area (Å²) >= 11 is 0. The number of ether oxygens (including phenoxy) is 1. The van der Waals surface area contributed by atoms with Gasteiger partial charge in [-0.15, -0.1) is 0 Å². The van der Waals surface area contributed by atoms with Crippen molar-refractivity contribution in [3.63, 3.8) is 0 Å². The van der Waals surface area contributed by atoms with Crippen LogP contribution in [0.5, 0.6) is 5.75 Å². The number of nitrogens with zero attached hydrogens (tertiary/aromatic N) is 2. The van der Waals surface area contributed by atoms with Crippen molar-refractivity contribution in [2.75, 3.05) is 13.2 Å². The van der Waals surface area contributed by atoms with Crippen molar-refractivity contribution in [3.05, 3.63) is 17.7 Å². The van der Waals surface area contributed by atoms with Crippen molar-refractivity contribution in [2.24, 2.45) is 0 Å². The lowest BCUT2D eigenvalue weighted by molar-refractivity contribution is 0.299. The van der Waals surface area contributed by atoms with Gasteiger partial charge in [-0.3, -0.25) is 0 Å². The number of hydrogen-bond donors (Lipinski definition) is 1. The van der Waals surface area contributed by atoms with Gasteiger partial charge >= 0.3 is 0 Å². The monoisotopic (exact) mass is 265 g/mol. The Hall–Kier alpha value is -1.16. The first-order chi connectivity index (χ1) is 9.19. The number of nitrogens with one attached hydrogen (secondary N) is 1. The van der Waals surface area contributed by atoms with Crippen LogP contribution in [-0.2, 0) is 6.54 Å². The van der Waals surface area contributed by atoms with Gasteiger partial charge in [0.05, 0.1) is 18.5 Å². The summed E-state index contributed by atoms with van der Waals surface area (Å²) in [6.45, 7) is 10.9. The van der Waals surface area contributed by atoms with Gasteiger partial charge in [-0.05, 0) is 13.0 Å². The van der Waals surface area contributed by atoms with E-state index in [2.05, 4.69) is 43.0 Å². The van der Waals surface area contributed by atoms with Crippen LogP contribution in [0.2, 0.25) is 0 Å². The predicted molar refractivity (Wildman–Crippen MR) is 78.5 cm³/mol. The summed E-state index contributed by atoms with van der Waals surface area (Å²) in [6.07, 6.45) is 5.31. The largest absolute Gasteiger partial charge is 0.490 e. The van der Waals surface area contributed by atoms with E-state index in [0.29, 0.717) is 5.92 Å². The first kappa shape index (κ1) is 15.9. The van der Waals surface area contributed by atoms with Crippen LogP contribution in [0.15, 0.2) is 6.20 Å². The second-order valence-corrected chi connectivity index (χ2v) is 5.03. The Kier molecular flexibility index (Phi) is 7.41. The summed E-state index contributed by atoms with van der Waals surface area (Å²) in [5.74, 6) is 2.05. The maximum atomic E-state index is 5.81. The highest BCUT2D eigenvalue weighted by Gasteiger charge is 2.10. The molecule has 1 N–H and O–H groups in total. The molecule has 0 aromatic carbocycles. The predicted octanol–water partition coefficient (Wildman–Crippen LogP) is 3.28. The van der Waals surface area contributed by atoms with Gasteiger partial charge in [0.2, 0.25) is 0 Å². The quantitative estimate of drug-likeness (QED) is 0.696. The van der Waals surface area contributed by atoms with Crippen molar-refractivity contribution >= 4 is 0 Å². The summed E-state index contributed by atoms with van der Waals surface area (Å²) in [5.41, 5.74) is 0.969. The van der Waals surface area contributed by atoms with Crippen LogP contribution in [0.1, 0.15) is 64.4 Å². The van der Waals surface area contributed by atoms with Gasteiger partial charge in [-0.1, -0.05) is 40.5 Å². The number of rotatable bonds is 9. The molecule has 1 aromatic rings. The molecule has 108 valence electrons. The average molecular weight is 265 g/mol. The SMILES string of the molecule is CCCCCOc1cnc(C(C)C)nc1CNCC. The van der Waals surface area contributed by atoms with Crippen LogP contribution in [0.4, 0.5) is 0 Å². The third-order valence-corrected chi connectivity index (χ3v) is 2.91. The van der Waals surface area contributed by atoms with Gasteiger partial charge in [0.1, 0.15) is 5.82 Å². The lowest BCUT2D eigenvalue weighted by atomic mass is 10.2. The maximum Gasteiger partial charge on any atom is 0.160 e. The van der Waals surface area contributed by atoms with Crippen LogP contribution < -0.4 is 10.1 Å². The van der Waals surface area contributed by atoms with Crippen LogP contribution in [0.3, 0.4) is 0 Å². The van der Waals surface area contributed by atoms with Crippen molar-refractivity contribution in [3.8, 4) is 5.75 Å². The molecule has 1 aromatic heterocycles. The van der Waals surface area contributed by atoms with Gasteiger partial charge in [0.15, 0.2) is 5.75 Å². The van der Waals surface area contributed by atoms with Crippen LogP contribution in [0, 0.1) is 0 Å². The molecule has 1 heterocycles. The Bertz CT molecular complexity index is 366. The maximum absolute atomic E-state index is 5.81. The second-order valence-electron chi connectivity index (χ2n) is 5.03. The minimum Gasteiger partial charge on any atom is -0.490 e. The highest BCUT2D eigenvalue weighted by atomic mass is 16.5. The van der Waals surface area contributed by atoms with Crippen LogP contribution in [-0.4, -0.2) is 23.1 Å².